The quantitative estimate of drug-likeness (QED) is 0.815. The zero-order valence-electron chi connectivity index (χ0n) is 14.9. The maximum Gasteiger partial charge on any atom is 0.233 e. The number of amides is 2. The number of piperidine rings is 1. The predicted molar refractivity (Wildman–Crippen MR) is 95.0 cm³/mol. The van der Waals surface area contributed by atoms with Crippen LogP contribution in [0.2, 0.25) is 0 Å². The smallest absolute Gasteiger partial charge is 0.233 e. The maximum absolute atomic E-state index is 12.4. The van der Waals surface area contributed by atoms with Crippen molar-refractivity contribution in [3.05, 3.63) is 29.3 Å². The Bertz CT molecular complexity index is 586. The van der Waals surface area contributed by atoms with Gasteiger partial charge in [-0.15, -0.1) is 0 Å². The molecule has 0 radical (unpaired) electrons. The number of benzene rings is 1. The molecule has 1 saturated heterocycles. The van der Waals surface area contributed by atoms with E-state index >= 15 is 0 Å². The van der Waals surface area contributed by atoms with Crippen molar-refractivity contribution in [1.29, 1.82) is 0 Å². The lowest BCUT2D eigenvalue weighted by Gasteiger charge is -2.32. The number of carbonyl (C=O) groups is 2. The lowest BCUT2D eigenvalue weighted by molar-refractivity contribution is -0.138. The Balaban J connectivity index is 1.85. The van der Waals surface area contributed by atoms with Crippen LogP contribution >= 0.6 is 0 Å². The van der Waals surface area contributed by atoms with Crippen molar-refractivity contribution >= 4 is 17.5 Å². The van der Waals surface area contributed by atoms with E-state index in [1.165, 1.54) is 0 Å². The number of likely N-dealkylation sites (tertiary alicyclic amines) is 1. The van der Waals surface area contributed by atoms with Crippen LogP contribution in [0.4, 0.5) is 5.69 Å². The van der Waals surface area contributed by atoms with Gasteiger partial charge < -0.3 is 15.0 Å². The van der Waals surface area contributed by atoms with Gasteiger partial charge in [-0.25, -0.2) is 0 Å². The molecule has 5 nitrogen and oxygen atoms in total. The number of nitrogens with zero attached hydrogens (tertiary/aromatic N) is 1. The number of hydrogen-bond donors (Lipinski definition) is 1. The van der Waals surface area contributed by atoms with Gasteiger partial charge in [0.15, 0.2) is 0 Å². The molecule has 1 atom stereocenters. The molecule has 5 heteroatoms. The Hall–Kier alpha value is -1.88. The normalized spacial score (nSPS) is 17.6. The van der Waals surface area contributed by atoms with Gasteiger partial charge in [0.25, 0.3) is 0 Å². The third-order valence-electron chi connectivity index (χ3n) is 4.26. The number of aryl methyl sites for hydroxylation is 2. The van der Waals surface area contributed by atoms with Crippen molar-refractivity contribution < 1.29 is 14.3 Å². The Kier molecular flexibility index (Phi) is 6.79. The van der Waals surface area contributed by atoms with Gasteiger partial charge in [0.2, 0.25) is 11.8 Å². The summed E-state index contributed by atoms with van der Waals surface area (Å²) in [5, 5.41) is 2.84. The van der Waals surface area contributed by atoms with Crippen molar-refractivity contribution in [3.8, 4) is 0 Å². The maximum atomic E-state index is 12.4. The third kappa shape index (κ3) is 5.34. The number of nitrogens with one attached hydrogen (secondary N) is 1. The molecule has 1 aromatic rings. The van der Waals surface area contributed by atoms with E-state index in [1.54, 1.807) is 4.90 Å². The van der Waals surface area contributed by atoms with Crippen LogP contribution in [0.15, 0.2) is 18.2 Å². The van der Waals surface area contributed by atoms with E-state index in [1.807, 2.05) is 32.0 Å². The second kappa shape index (κ2) is 8.83. The van der Waals surface area contributed by atoms with Gasteiger partial charge in [-0.2, -0.15) is 0 Å². The van der Waals surface area contributed by atoms with Gasteiger partial charge in [0.1, 0.15) is 6.42 Å². The fourth-order valence-corrected chi connectivity index (χ4v) is 2.98. The van der Waals surface area contributed by atoms with E-state index in [4.69, 9.17) is 4.74 Å². The summed E-state index contributed by atoms with van der Waals surface area (Å²) in [6.07, 6.45) is 2.87. The van der Waals surface area contributed by atoms with Gasteiger partial charge >= 0.3 is 0 Å². The molecule has 0 saturated carbocycles. The largest absolute Gasteiger partial charge is 0.376 e. The minimum absolute atomic E-state index is 0.102. The molecule has 1 aliphatic heterocycles. The van der Waals surface area contributed by atoms with E-state index in [2.05, 4.69) is 12.2 Å². The zero-order chi connectivity index (χ0) is 17.5. The monoisotopic (exact) mass is 332 g/mol. The molecular weight excluding hydrogens is 304 g/mol. The van der Waals surface area contributed by atoms with E-state index in [0.717, 1.165) is 42.7 Å². The predicted octanol–water partition coefficient (Wildman–Crippen LogP) is 3.05. The molecule has 1 aromatic carbocycles. The number of rotatable bonds is 6. The average Bonchev–Trinajstić information content (AvgIpc) is 2.55. The van der Waals surface area contributed by atoms with Crippen molar-refractivity contribution in [2.24, 2.45) is 0 Å². The second-order valence-electron chi connectivity index (χ2n) is 6.52. The van der Waals surface area contributed by atoms with Crippen LogP contribution in [-0.2, 0) is 14.3 Å². The van der Waals surface area contributed by atoms with Crippen LogP contribution in [0, 0.1) is 13.8 Å². The summed E-state index contributed by atoms with van der Waals surface area (Å²) in [6.45, 7) is 8.06. The van der Waals surface area contributed by atoms with Crippen LogP contribution in [-0.4, -0.2) is 42.5 Å². The summed E-state index contributed by atoms with van der Waals surface area (Å²) in [4.78, 5) is 26.3. The first-order valence-corrected chi connectivity index (χ1v) is 8.76. The van der Waals surface area contributed by atoms with E-state index < -0.39 is 0 Å². The molecular formula is C19H28N2O3. The highest BCUT2D eigenvalue weighted by molar-refractivity contribution is 6.03. The zero-order valence-corrected chi connectivity index (χ0v) is 14.9. The highest BCUT2D eigenvalue weighted by atomic mass is 16.5. The van der Waals surface area contributed by atoms with Crippen LogP contribution in [0.3, 0.4) is 0 Å². The summed E-state index contributed by atoms with van der Waals surface area (Å²) in [5.74, 6) is -0.384. The number of hydrogen-bond acceptors (Lipinski definition) is 3. The summed E-state index contributed by atoms with van der Waals surface area (Å²) in [7, 11) is 0. The average molecular weight is 332 g/mol. The van der Waals surface area contributed by atoms with Gasteiger partial charge in [-0.1, -0.05) is 24.6 Å². The van der Waals surface area contributed by atoms with Crippen LogP contribution in [0.5, 0.6) is 0 Å². The van der Waals surface area contributed by atoms with E-state index in [9.17, 15) is 9.59 Å². The fourth-order valence-electron chi connectivity index (χ4n) is 2.98. The molecule has 0 aliphatic carbocycles. The molecule has 2 rings (SSSR count). The topological polar surface area (TPSA) is 58.6 Å². The fraction of sp³-hybridized carbons (Fsp3) is 0.579. The van der Waals surface area contributed by atoms with Gasteiger partial charge in [-0.3, -0.25) is 9.59 Å². The highest BCUT2D eigenvalue weighted by Gasteiger charge is 2.25. The Morgan fingerprint density at radius 3 is 2.83 bits per heavy atom. The van der Waals surface area contributed by atoms with Crippen LogP contribution in [0.1, 0.15) is 43.7 Å². The summed E-state index contributed by atoms with van der Waals surface area (Å²) >= 11 is 0. The van der Waals surface area contributed by atoms with Crippen molar-refractivity contribution in [3.63, 3.8) is 0 Å². The van der Waals surface area contributed by atoms with E-state index in [0.29, 0.717) is 13.1 Å². The van der Waals surface area contributed by atoms with Crippen molar-refractivity contribution in [2.45, 2.75) is 52.6 Å². The van der Waals surface area contributed by atoms with Gasteiger partial charge in [0, 0.05) is 25.4 Å². The molecule has 0 aromatic heterocycles. The summed E-state index contributed by atoms with van der Waals surface area (Å²) in [5.41, 5.74) is 2.91. The van der Waals surface area contributed by atoms with Crippen LogP contribution < -0.4 is 5.32 Å². The molecule has 2 amide bonds. The first kappa shape index (κ1) is 18.5. The molecule has 1 aliphatic rings. The molecule has 0 spiro atoms. The number of ether oxygens (including phenoxy) is 1. The SMILES string of the molecule is CCCOC1CCCN(C(=O)CC(=O)Nc2ccc(C)cc2C)C1. The second-order valence-corrected chi connectivity index (χ2v) is 6.52. The summed E-state index contributed by atoms with van der Waals surface area (Å²) < 4.78 is 5.75. The molecule has 132 valence electrons. The molecule has 1 unspecified atom stereocenters. The molecule has 0 bridgehead atoms. The minimum Gasteiger partial charge on any atom is -0.376 e. The standard InChI is InChI=1S/C19H28N2O3/c1-4-10-24-16-6-5-9-21(13-16)19(23)12-18(22)20-17-8-7-14(2)11-15(17)3/h7-8,11,16H,4-6,9-10,12-13H2,1-3H3,(H,20,22). The Morgan fingerprint density at radius 1 is 1.33 bits per heavy atom. The van der Waals surface area contributed by atoms with Crippen LogP contribution in [0.25, 0.3) is 0 Å². The Labute approximate surface area is 144 Å². The Morgan fingerprint density at radius 2 is 2.12 bits per heavy atom. The van der Waals surface area contributed by atoms with Gasteiger partial charge in [-0.05, 0) is 44.7 Å². The first-order chi connectivity index (χ1) is 11.5. The first-order valence-electron chi connectivity index (χ1n) is 8.76. The minimum atomic E-state index is -0.261. The molecule has 24 heavy (non-hydrogen) atoms. The molecule has 1 heterocycles. The molecule has 1 N–H and O–H groups in total. The lowest BCUT2D eigenvalue weighted by atomic mass is 10.1. The molecule has 1 fully saturated rings. The third-order valence-corrected chi connectivity index (χ3v) is 4.26. The van der Waals surface area contributed by atoms with Crippen molar-refractivity contribution in [1.82, 2.24) is 4.90 Å². The number of anilines is 1. The van der Waals surface area contributed by atoms with E-state index in [-0.39, 0.29) is 24.3 Å². The highest BCUT2D eigenvalue weighted by Crippen LogP contribution is 2.17. The van der Waals surface area contributed by atoms with Gasteiger partial charge in [0.05, 0.1) is 6.10 Å². The lowest BCUT2D eigenvalue weighted by Crippen LogP contribution is -2.44. The summed E-state index contributed by atoms with van der Waals surface area (Å²) in [6, 6.07) is 5.84. The number of carbonyl (C=O) groups excluding carboxylic acids is 2. The van der Waals surface area contributed by atoms with Crippen molar-refractivity contribution in [2.75, 3.05) is 25.0 Å².